The van der Waals surface area contributed by atoms with Crippen LogP contribution in [0.25, 0.3) is 0 Å². The zero-order valence-corrected chi connectivity index (χ0v) is 8.63. The molecule has 16 heavy (non-hydrogen) atoms. The predicted octanol–water partition coefficient (Wildman–Crippen LogP) is 1.51. The Hall–Kier alpha value is -1.98. The van der Waals surface area contributed by atoms with E-state index in [1.165, 1.54) is 11.0 Å². The fourth-order valence-corrected chi connectivity index (χ4v) is 1.71. The van der Waals surface area contributed by atoms with Crippen LogP contribution in [0.1, 0.15) is 19.3 Å². The highest BCUT2D eigenvalue weighted by atomic mass is 16.6. The average Bonchev–Trinajstić information content (AvgIpc) is 2.30. The van der Waals surface area contributed by atoms with Crippen molar-refractivity contribution in [2.24, 2.45) is 0 Å². The Kier molecular flexibility index (Phi) is 2.80. The molecular weight excluding hydrogens is 210 g/mol. The number of carbonyl (C=O) groups excluding carboxylic acids is 1. The maximum absolute atomic E-state index is 11.6. The number of piperidine rings is 1. The second-order valence-corrected chi connectivity index (χ2v) is 3.61. The van der Waals surface area contributed by atoms with E-state index in [1.807, 2.05) is 0 Å². The standard InChI is InChI=1S/C10H11N3O3/c14-10-6-1-2-7-12(10)8-4-3-5-9(11-8)13(15)16/h3-5H,1-2,6-7H2. The van der Waals surface area contributed by atoms with Crippen LogP contribution in [0, 0.1) is 10.1 Å². The molecule has 0 unspecified atom stereocenters. The lowest BCUT2D eigenvalue weighted by Crippen LogP contribution is -2.35. The van der Waals surface area contributed by atoms with Gasteiger partial charge in [-0.1, -0.05) is 0 Å². The third kappa shape index (κ3) is 2.00. The van der Waals surface area contributed by atoms with Crippen molar-refractivity contribution in [1.82, 2.24) is 4.98 Å². The van der Waals surface area contributed by atoms with E-state index < -0.39 is 4.92 Å². The lowest BCUT2D eigenvalue weighted by Gasteiger charge is -2.23. The Labute approximate surface area is 92.0 Å². The van der Waals surface area contributed by atoms with E-state index in [2.05, 4.69) is 4.98 Å². The number of anilines is 1. The summed E-state index contributed by atoms with van der Waals surface area (Å²) in [5.74, 6) is 0.133. The van der Waals surface area contributed by atoms with Crippen LogP contribution in [0.3, 0.4) is 0 Å². The van der Waals surface area contributed by atoms with Gasteiger partial charge in [0, 0.05) is 25.1 Å². The molecule has 1 aromatic rings. The molecule has 0 atom stereocenters. The molecule has 2 heterocycles. The average molecular weight is 221 g/mol. The second-order valence-electron chi connectivity index (χ2n) is 3.61. The van der Waals surface area contributed by atoms with Crippen molar-refractivity contribution in [2.75, 3.05) is 11.4 Å². The van der Waals surface area contributed by atoms with Crippen LogP contribution >= 0.6 is 0 Å². The van der Waals surface area contributed by atoms with Crippen molar-refractivity contribution < 1.29 is 9.72 Å². The molecule has 0 aliphatic carbocycles. The number of pyridine rings is 1. The molecular formula is C10H11N3O3. The van der Waals surface area contributed by atoms with E-state index in [-0.39, 0.29) is 11.7 Å². The SMILES string of the molecule is O=C1CCCCN1c1cccc([N+](=O)[O-])n1. The number of nitro groups is 1. The second kappa shape index (κ2) is 4.26. The van der Waals surface area contributed by atoms with Gasteiger partial charge in [-0.3, -0.25) is 9.69 Å². The van der Waals surface area contributed by atoms with Crippen molar-refractivity contribution >= 4 is 17.5 Å². The Bertz CT molecular complexity index is 433. The highest BCUT2D eigenvalue weighted by Gasteiger charge is 2.24. The van der Waals surface area contributed by atoms with Gasteiger partial charge in [0.05, 0.1) is 0 Å². The fraction of sp³-hybridized carbons (Fsp3) is 0.400. The zero-order chi connectivity index (χ0) is 11.5. The molecule has 2 rings (SSSR count). The molecule has 1 fully saturated rings. The van der Waals surface area contributed by atoms with Gasteiger partial charge in [-0.25, -0.2) is 0 Å². The van der Waals surface area contributed by atoms with Crippen molar-refractivity contribution in [3.8, 4) is 0 Å². The van der Waals surface area contributed by atoms with E-state index in [4.69, 9.17) is 0 Å². The summed E-state index contributed by atoms with van der Waals surface area (Å²) in [6.45, 7) is 0.590. The lowest BCUT2D eigenvalue weighted by molar-refractivity contribution is -0.389. The summed E-state index contributed by atoms with van der Waals surface area (Å²) in [7, 11) is 0. The first kappa shape index (κ1) is 10.5. The van der Waals surface area contributed by atoms with Crippen LogP contribution < -0.4 is 4.90 Å². The van der Waals surface area contributed by atoms with Crippen LogP contribution in [-0.4, -0.2) is 22.4 Å². The summed E-state index contributed by atoms with van der Waals surface area (Å²) in [5.41, 5.74) is 0. The number of rotatable bonds is 2. The van der Waals surface area contributed by atoms with Gasteiger partial charge in [0.15, 0.2) is 0 Å². The Morgan fingerprint density at radius 3 is 2.88 bits per heavy atom. The fourth-order valence-electron chi connectivity index (χ4n) is 1.71. The summed E-state index contributed by atoms with van der Waals surface area (Å²) in [5, 5.41) is 10.6. The number of hydrogen-bond acceptors (Lipinski definition) is 4. The molecule has 1 aliphatic rings. The van der Waals surface area contributed by atoms with Gasteiger partial charge in [-0.15, -0.1) is 0 Å². The Morgan fingerprint density at radius 1 is 1.38 bits per heavy atom. The Balaban J connectivity index is 2.28. The van der Waals surface area contributed by atoms with E-state index in [0.29, 0.717) is 18.8 Å². The van der Waals surface area contributed by atoms with Gasteiger partial charge < -0.3 is 10.1 Å². The number of hydrogen-bond donors (Lipinski definition) is 0. The number of aromatic nitrogens is 1. The summed E-state index contributed by atoms with van der Waals surface area (Å²) in [6, 6.07) is 4.48. The highest BCUT2D eigenvalue weighted by molar-refractivity contribution is 5.93. The molecule has 0 spiro atoms. The molecule has 0 bridgehead atoms. The van der Waals surface area contributed by atoms with Gasteiger partial charge in [-0.2, -0.15) is 0 Å². The van der Waals surface area contributed by atoms with Crippen molar-refractivity contribution in [1.29, 1.82) is 0 Å². The molecule has 1 aliphatic heterocycles. The first-order chi connectivity index (χ1) is 7.68. The zero-order valence-electron chi connectivity index (χ0n) is 8.63. The van der Waals surface area contributed by atoms with Crippen LogP contribution in [0.4, 0.5) is 11.6 Å². The van der Waals surface area contributed by atoms with Gasteiger partial charge in [0.1, 0.15) is 0 Å². The maximum atomic E-state index is 11.6. The molecule has 1 amide bonds. The van der Waals surface area contributed by atoms with Crippen LogP contribution in [0.5, 0.6) is 0 Å². The van der Waals surface area contributed by atoms with Crippen LogP contribution in [0.15, 0.2) is 18.2 Å². The minimum Gasteiger partial charge on any atom is -0.358 e. The minimum absolute atomic E-state index is 0.0146. The number of amides is 1. The third-order valence-corrected chi connectivity index (χ3v) is 2.51. The van der Waals surface area contributed by atoms with E-state index >= 15 is 0 Å². The summed E-state index contributed by atoms with van der Waals surface area (Å²) >= 11 is 0. The van der Waals surface area contributed by atoms with Crippen molar-refractivity contribution in [3.63, 3.8) is 0 Å². The molecule has 84 valence electrons. The lowest BCUT2D eigenvalue weighted by atomic mass is 10.1. The summed E-state index contributed by atoms with van der Waals surface area (Å²) < 4.78 is 0. The minimum atomic E-state index is -0.558. The Morgan fingerprint density at radius 2 is 2.19 bits per heavy atom. The number of nitrogens with zero attached hydrogens (tertiary/aromatic N) is 3. The predicted molar refractivity (Wildman–Crippen MR) is 57.1 cm³/mol. The molecule has 0 aromatic carbocycles. The maximum Gasteiger partial charge on any atom is 0.365 e. The molecule has 6 nitrogen and oxygen atoms in total. The smallest absolute Gasteiger partial charge is 0.358 e. The molecule has 6 heteroatoms. The van der Waals surface area contributed by atoms with Gasteiger partial charge in [0.25, 0.3) is 0 Å². The monoisotopic (exact) mass is 221 g/mol. The summed E-state index contributed by atoms with van der Waals surface area (Å²) in [4.78, 5) is 27.0. The quantitative estimate of drug-likeness (QED) is 0.560. The van der Waals surface area contributed by atoms with Crippen molar-refractivity contribution in [2.45, 2.75) is 19.3 Å². The van der Waals surface area contributed by atoms with E-state index in [1.54, 1.807) is 12.1 Å². The first-order valence-corrected chi connectivity index (χ1v) is 5.10. The highest BCUT2D eigenvalue weighted by Crippen LogP contribution is 2.20. The number of carbonyl (C=O) groups is 1. The van der Waals surface area contributed by atoms with E-state index in [9.17, 15) is 14.9 Å². The first-order valence-electron chi connectivity index (χ1n) is 5.10. The largest absolute Gasteiger partial charge is 0.365 e. The van der Waals surface area contributed by atoms with Crippen molar-refractivity contribution in [3.05, 3.63) is 28.3 Å². The van der Waals surface area contributed by atoms with Gasteiger partial charge in [-0.05, 0) is 28.8 Å². The molecule has 1 saturated heterocycles. The molecule has 1 aromatic heterocycles. The van der Waals surface area contributed by atoms with Gasteiger partial charge in [0.2, 0.25) is 11.7 Å². The summed E-state index contributed by atoms with van der Waals surface area (Å²) in [6.07, 6.45) is 2.28. The molecule has 0 radical (unpaired) electrons. The van der Waals surface area contributed by atoms with Gasteiger partial charge >= 0.3 is 5.82 Å². The normalized spacial score (nSPS) is 16.2. The third-order valence-electron chi connectivity index (χ3n) is 2.51. The van der Waals surface area contributed by atoms with Crippen LogP contribution in [-0.2, 0) is 4.79 Å². The molecule has 0 saturated carbocycles. The molecule has 0 N–H and O–H groups in total. The van der Waals surface area contributed by atoms with E-state index in [0.717, 1.165) is 12.8 Å². The van der Waals surface area contributed by atoms with Crippen LogP contribution in [0.2, 0.25) is 0 Å². The topological polar surface area (TPSA) is 76.3 Å².